The molecule has 0 aliphatic heterocycles. The molecule has 0 aliphatic rings. The summed E-state index contributed by atoms with van der Waals surface area (Å²) in [5.74, 6) is 0.483. The van der Waals surface area contributed by atoms with Gasteiger partial charge >= 0.3 is 0 Å². The maximum Gasteiger partial charge on any atom is 0.244 e. The van der Waals surface area contributed by atoms with Crippen molar-refractivity contribution < 1.29 is 8.42 Å². The van der Waals surface area contributed by atoms with Crippen molar-refractivity contribution in [2.24, 2.45) is 5.10 Å². The highest BCUT2D eigenvalue weighted by atomic mass is 32.2. The summed E-state index contributed by atoms with van der Waals surface area (Å²) in [4.78, 5) is 4.29. The van der Waals surface area contributed by atoms with E-state index in [1.807, 2.05) is 45.0 Å². The van der Waals surface area contributed by atoms with E-state index < -0.39 is 10.0 Å². The van der Waals surface area contributed by atoms with Crippen LogP contribution >= 0.6 is 0 Å². The standard InChI is InChI=1S/C17H22N4O2S/c1-4-21(5-2)24(22,23)16-10-11-17(18-13-16)20-19-12-15-8-6-14(3)7-9-15/h6-13H,4-5H2,1-3H3,(H,18,20)/b19-12+. The highest BCUT2D eigenvalue weighted by molar-refractivity contribution is 7.89. The molecule has 0 saturated heterocycles. The van der Waals surface area contributed by atoms with Gasteiger partial charge in [0.25, 0.3) is 0 Å². The number of hydrogen-bond donors (Lipinski definition) is 1. The number of sulfonamides is 1. The summed E-state index contributed by atoms with van der Waals surface area (Å²) in [7, 11) is -3.48. The molecule has 0 spiro atoms. The first kappa shape index (κ1) is 18.1. The second kappa shape index (κ2) is 8.03. The predicted octanol–water partition coefficient (Wildman–Crippen LogP) is 2.87. The maximum absolute atomic E-state index is 12.4. The number of pyridine rings is 1. The molecule has 128 valence electrons. The average molecular weight is 346 g/mol. The molecule has 6 nitrogen and oxygen atoms in total. The van der Waals surface area contributed by atoms with Crippen molar-refractivity contribution in [1.82, 2.24) is 9.29 Å². The van der Waals surface area contributed by atoms with E-state index >= 15 is 0 Å². The normalized spacial score (nSPS) is 12.0. The van der Waals surface area contributed by atoms with Gasteiger partial charge in [0.2, 0.25) is 10.0 Å². The van der Waals surface area contributed by atoms with E-state index in [0.717, 1.165) is 5.56 Å². The van der Waals surface area contributed by atoms with Gasteiger partial charge in [0.15, 0.2) is 0 Å². The second-order valence-electron chi connectivity index (χ2n) is 5.25. The average Bonchev–Trinajstić information content (AvgIpc) is 2.58. The number of nitrogens with zero attached hydrogens (tertiary/aromatic N) is 3. The first-order valence-corrected chi connectivity index (χ1v) is 9.23. The van der Waals surface area contributed by atoms with Crippen molar-refractivity contribution in [3.05, 3.63) is 53.7 Å². The minimum absolute atomic E-state index is 0.180. The Labute approximate surface area is 143 Å². The molecule has 1 aromatic carbocycles. The lowest BCUT2D eigenvalue weighted by Gasteiger charge is -2.18. The molecule has 0 radical (unpaired) electrons. The van der Waals surface area contributed by atoms with Crippen LogP contribution in [0.5, 0.6) is 0 Å². The smallest absolute Gasteiger partial charge is 0.244 e. The lowest BCUT2D eigenvalue weighted by atomic mass is 10.2. The van der Waals surface area contributed by atoms with E-state index in [1.54, 1.807) is 12.3 Å². The van der Waals surface area contributed by atoms with Crippen molar-refractivity contribution in [2.45, 2.75) is 25.7 Å². The number of rotatable bonds is 7. The van der Waals surface area contributed by atoms with Gasteiger partial charge in [0, 0.05) is 19.3 Å². The van der Waals surface area contributed by atoms with Crippen LogP contribution in [0.2, 0.25) is 0 Å². The van der Waals surface area contributed by atoms with Crippen molar-refractivity contribution in [3.63, 3.8) is 0 Å². The van der Waals surface area contributed by atoms with Gasteiger partial charge in [0.1, 0.15) is 10.7 Å². The minimum atomic E-state index is -3.48. The number of hydrazone groups is 1. The Balaban J connectivity index is 2.05. The van der Waals surface area contributed by atoms with Crippen molar-refractivity contribution in [3.8, 4) is 0 Å². The molecule has 2 rings (SSSR count). The summed E-state index contributed by atoms with van der Waals surface area (Å²) in [5.41, 5.74) is 4.95. The fourth-order valence-corrected chi connectivity index (χ4v) is 3.54. The Kier molecular flexibility index (Phi) is 6.05. The Hall–Kier alpha value is -2.25. The van der Waals surface area contributed by atoms with E-state index in [9.17, 15) is 8.42 Å². The third kappa shape index (κ3) is 4.39. The van der Waals surface area contributed by atoms with Gasteiger partial charge in [-0.25, -0.2) is 13.4 Å². The van der Waals surface area contributed by atoms with E-state index in [2.05, 4.69) is 15.5 Å². The molecule has 0 aliphatic carbocycles. The van der Waals surface area contributed by atoms with Gasteiger partial charge < -0.3 is 0 Å². The summed E-state index contributed by atoms with van der Waals surface area (Å²) in [5, 5.41) is 4.10. The van der Waals surface area contributed by atoms with E-state index in [1.165, 1.54) is 22.1 Å². The third-order valence-electron chi connectivity index (χ3n) is 3.55. The Bertz CT molecular complexity index is 780. The van der Waals surface area contributed by atoms with Gasteiger partial charge in [-0.15, -0.1) is 0 Å². The van der Waals surface area contributed by atoms with Crippen LogP contribution < -0.4 is 5.43 Å². The van der Waals surface area contributed by atoms with Crippen molar-refractivity contribution >= 4 is 22.1 Å². The molecule has 2 aromatic rings. The number of hydrogen-bond acceptors (Lipinski definition) is 5. The molecule has 0 atom stereocenters. The summed E-state index contributed by atoms with van der Waals surface area (Å²) in [6.07, 6.45) is 3.03. The number of benzene rings is 1. The van der Waals surface area contributed by atoms with Gasteiger partial charge in [-0.2, -0.15) is 9.41 Å². The summed E-state index contributed by atoms with van der Waals surface area (Å²) < 4.78 is 26.1. The number of aryl methyl sites for hydroxylation is 1. The van der Waals surface area contributed by atoms with Gasteiger partial charge in [-0.05, 0) is 24.6 Å². The fraction of sp³-hybridized carbons (Fsp3) is 0.294. The maximum atomic E-state index is 12.4. The van der Waals surface area contributed by atoms with Crippen LogP contribution in [0, 0.1) is 6.92 Å². The highest BCUT2D eigenvalue weighted by Crippen LogP contribution is 2.16. The molecule has 0 unspecified atom stereocenters. The number of anilines is 1. The van der Waals surface area contributed by atoms with Gasteiger partial charge in [0.05, 0.1) is 6.21 Å². The quantitative estimate of drug-likeness (QED) is 0.618. The zero-order chi connectivity index (χ0) is 17.6. The largest absolute Gasteiger partial charge is 0.261 e. The summed E-state index contributed by atoms with van der Waals surface area (Å²) in [6, 6.07) is 11.1. The molecular weight excluding hydrogens is 324 g/mol. The van der Waals surface area contributed by atoms with Crippen LogP contribution in [0.25, 0.3) is 0 Å². The molecule has 0 fully saturated rings. The Morgan fingerprint density at radius 1 is 1.12 bits per heavy atom. The van der Waals surface area contributed by atoms with Crippen LogP contribution in [-0.4, -0.2) is 37.0 Å². The van der Waals surface area contributed by atoms with Crippen LogP contribution in [0.15, 0.2) is 52.6 Å². The monoisotopic (exact) mass is 346 g/mol. The van der Waals surface area contributed by atoms with Gasteiger partial charge in [-0.3, -0.25) is 5.43 Å². The molecule has 0 amide bonds. The van der Waals surface area contributed by atoms with E-state index in [-0.39, 0.29) is 4.90 Å². The van der Waals surface area contributed by atoms with Crippen LogP contribution in [0.3, 0.4) is 0 Å². The molecule has 1 aromatic heterocycles. The Morgan fingerprint density at radius 2 is 1.79 bits per heavy atom. The molecule has 24 heavy (non-hydrogen) atoms. The van der Waals surface area contributed by atoms with Crippen LogP contribution in [0.1, 0.15) is 25.0 Å². The lowest BCUT2D eigenvalue weighted by Crippen LogP contribution is -2.30. The summed E-state index contributed by atoms with van der Waals surface area (Å²) >= 11 is 0. The topological polar surface area (TPSA) is 74.7 Å². The molecular formula is C17H22N4O2S. The van der Waals surface area contributed by atoms with Crippen molar-refractivity contribution in [2.75, 3.05) is 18.5 Å². The third-order valence-corrected chi connectivity index (χ3v) is 5.58. The Morgan fingerprint density at radius 3 is 2.33 bits per heavy atom. The lowest BCUT2D eigenvalue weighted by molar-refractivity contribution is 0.445. The second-order valence-corrected chi connectivity index (χ2v) is 7.19. The highest BCUT2D eigenvalue weighted by Gasteiger charge is 2.21. The first-order chi connectivity index (χ1) is 11.5. The van der Waals surface area contributed by atoms with Crippen LogP contribution in [-0.2, 0) is 10.0 Å². The van der Waals surface area contributed by atoms with E-state index in [0.29, 0.717) is 18.9 Å². The molecule has 1 N–H and O–H groups in total. The minimum Gasteiger partial charge on any atom is -0.261 e. The predicted molar refractivity (Wildman–Crippen MR) is 96.7 cm³/mol. The fourth-order valence-electron chi connectivity index (χ4n) is 2.14. The zero-order valence-corrected chi connectivity index (χ0v) is 14.9. The van der Waals surface area contributed by atoms with Crippen LogP contribution in [0.4, 0.5) is 5.82 Å². The number of nitrogens with one attached hydrogen (secondary N) is 1. The number of aromatic nitrogens is 1. The zero-order valence-electron chi connectivity index (χ0n) is 14.1. The first-order valence-electron chi connectivity index (χ1n) is 7.79. The van der Waals surface area contributed by atoms with E-state index in [4.69, 9.17) is 0 Å². The molecule has 0 saturated carbocycles. The SMILES string of the molecule is CCN(CC)S(=O)(=O)c1ccc(N/N=C/c2ccc(C)cc2)nc1. The molecule has 1 heterocycles. The summed E-state index contributed by atoms with van der Waals surface area (Å²) in [6.45, 7) is 6.50. The molecule has 7 heteroatoms. The van der Waals surface area contributed by atoms with Crippen molar-refractivity contribution in [1.29, 1.82) is 0 Å². The molecule has 0 bridgehead atoms. The van der Waals surface area contributed by atoms with Gasteiger partial charge in [-0.1, -0.05) is 43.7 Å².